The molecule has 0 radical (unpaired) electrons. The van der Waals surface area contributed by atoms with Crippen molar-refractivity contribution in [2.45, 2.75) is 13.8 Å². The smallest absolute Gasteiger partial charge is 0.168 e. The van der Waals surface area contributed by atoms with Crippen molar-refractivity contribution < 1.29 is 13.5 Å². The summed E-state index contributed by atoms with van der Waals surface area (Å²) in [6.45, 7) is 4.00. The number of ether oxygens (including phenoxy) is 1. The second kappa shape index (κ2) is 8.48. The fraction of sp³-hybridized carbons (Fsp3) is 0.188. The molecule has 0 spiro atoms. The van der Waals surface area contributed by atoms with Gasteiger partial charge in [0.05, 0.1) is 7.11 Å². The van der Waals surface area contributed by atoms with Crippen molar-refractivity contribution in [2.75, 3.05) is 7.11 Å². The molecule has 0 saturated carbocycles. The van der Waals surface area contributed by atoms with Crippen LogP contribution in [0.4, 0.5) is 8.78 Å². The highest BCUT2D eigenvalue weighted by Gasteiger charge is 2.19. The third-order valence-corrected chi connectivity index (χ3v) is 5.29. The number of nitrogens with zero attached hydrogens (tertiary/aromatic N) is 2. The van der Waals surface area contributed by atoms with Crippen LogP contribution in [0.25, 0.3) is 22.2 Å². The third-order valence-electron chi connectivity index (χ3n) is 3.16. The van der Waals surface area contributed by atoms with E-state index in [0.29, 0.717) is 16.8 Å². The van der Waals surface area contributed by atoms with Gasteiger partial charge in [-0.2, -0.15) is 0 Å². The van der Waals surface area contributed by atoms with Crippen molar-refractivity contribution in [3.8, 4) is 16.9 Å². The lowest BCUT2D eigenvalue weighted by molar-refractivity contribution is 0.386. The molecule has 0 amide bonds. The Balaban J connectivity index is 0.00000100. The van der Waals surface area contributed by atoms with E-state index in [9.17, 15) is 8.78 Å². The summed E-state index contributed by atoms with van der Waals surface area (Å²) in [6.07, 6.45) is 3.47. The van der Waals surface area contributed by atoms with Gasteiger partial charge in [0, 0.05) is 69.8 Å². The first kappa shape index (κ1) is 19.5. The first-order valence-electron chi connectivity index (χ1n) is 7.04. The molecule has 3 nitrogen and oxygen atoms in total. The van der Waals surface area contributed by atoms with Crippen LogP contribution in [0.1, 0.15) is 13.8 Å². The number of hydrogen-bond acceptors (Lipinski definition) is 3. The van der Waals surface area contributed by atoms with Gasteiger partial charge in [-0.25, -0.2) is 13.8 Å². The molecule has 2 aromatic heterocycles. The van der Waals surface area contributed by atoms with Crippen molar-refractivity contribution in [2.24, 2.45) is 0 Å². The minimum absolute atomic E-state index is 0.0129. The minimum atomic E-state index is -0.733. The van der Waals surface area contributed by atoms with Gasteiger partial charge in [0.1, 0.15) is 5.82 Å². The molecule has 0 aliphatic heterocycles. The highest BCUT2D eigenvalue weighted by Crippen LogP contribution is 2.40. The molecule has 0 atom stereocenters. The van der Waals surface area contributed by atoms with Gasteiger partial charge in [-0.15, -0.1) is 0 Å². The van der Waals surface area contributed by atoms with E-state index in [1.165, 1.54) is 22.3 Å². The molecule has 2 heterocycles. The van der Waals surface area contributed by atoms with Crippen molar-refractivity contribution >= 4 is 57.3 Å². The van der Waals surface area contributed by atoms with E-state index in [0.717, 1.165) is 15.9 Å². The molecule has 24 heavy (non-hydrogen) atoms. The molecule has 3 aromatic rings. The average molecular weight is 527 g/mol. The van der Waals surface area contributed by atoms with Crippen LogP contribution in [-0.2, 0) is 0 Å². The largest absolute Gasteiger partial charge is 0.493 e. The fourth-order valence-corrected chi connectivity index (χ4v) is 3.88. The zero-order chi connectivity index (χ0) is 17.9. The van der Waals surface area contributed by atoms with E-state index in [1.807, 2.05) is 23.9 Å². The first-order valence-corrected chi connectivity index (χ1v) is 11.1. The molecule has 1 aromatic carbocycles. The predicted molar refractivity (Wildman–Crippen MR) is 108 cm³/mol. The molecular formula is C16H14BrF2IN2OS. The van der Waals surface area contributed by atoms with E-state index in [4.69, 9.17) is 4.74 Å². The highest BCUT2D eigenvalue weighted by molar-refractivity contribution is 14.2. The van der Waals surface area contributed by atoms with Gasteiger partial charge in [0.15, 0.2) is 17.2 Å². The van der Waals surface area contributed by atoms with Crippen LogP contribution >= 0.6 is 46.3 Å². The first-order chi connectivity index (χ1) is 11.5. The molecule has 0 unspecified atom stereocenters. The van der Waals surface area contributed by atoms with Crippen molar-refractivity contribution in [1.29, 1.82) is 0 Å². The summed E-state index contributed by atoms with van der Waals surface area (Å²) in [5, 5.41) is 0.779. The zero-order valence-corrected chi connectivity index (χ0v) is 17.7. The van der Waals surface area contributed by atoms with Crippen LogP contribution in [0.15, 0.2) is 35.1 Å². The highest BCUT2D eigenvalue weighted by atomic mass is 127. The summed E-state index contributed by atoms with van der Waals surface area (Å²) < 4.78 is 35.4. The van der Waals surface area contributed by atoms with Gasteiger partial charge < -0.3 is 4.74 Å². The van der Waals surface area contributed by atoms with Gasteiger partial charge in [0.2, 0.25) is 0 Å². The monoisotopic (exact) mass is 526 g/mol. The van der Waals surface area contributed by atoms with Crippen LogP contribution in [0.3, 0.4) is 0 Å². The standard InChI is InChI=1S/C14H8BrF2IN2OS.C2H6/c1-21-13-9(3-8(16)4-12(13)17)11-6-20(22-18)14-10(11)2-7(15)5-19-14;1-2/h2-6H,1H3;1-2H3. The maximum absolute atomic E-state index is 14.0. The summed E-state index contributed by atoms with van der Waals surface area (Å²) >= 11 is 5.50. The maximum atomic E-state index is 14.0. The van der Waals surface area contributed by atoms with Crippen LogP contribution in [-0.4, -0.2) is 16.1 Å². The second-order valence-corrected chi connectivity index (χ2v) is 7.06. The van der Waals surface area contributed by atoms with E-state index < -0.39 is 11.6 Å². The number of halogens is 4. The number of fused-ring (bicyclic) bond motifs is 1. The Morgan fingerprint density at radius 3 is 2.54 bits per heavy atom. The summed E-state index contributed by atoms with van der Waals surface area (Å²) in [6, 6.07) is 3.94. The van der Waals surface area contributed by atoms with Gasteiger partial charge in [-0.1, -0.05) is 13.8 Å². The van der Waals surface area contributed by atoms with Gasteiger partial charge in [-0.3, -0.25) is 3.97 Å². The summed E-state index contributed by atoms with van der Waals surface area (Å²) in [5.74, 6) is -1.37. The minimum Gasteiger partial charge on any atom is -0.493 e. The van der Waals surface area contributed by atoms with E-state index >= 15 is 0 Å². The summed E-state index contributed by atoms with van der Waals surface area (Å²) in [7, 11) is 2.78. The lowest BCUT2D eigenvalue weighted by Crippen LogP contribution is -1.93. The van der Waals surface area contributed by atoms with Gasteiger partial charge in [0.25, 0.3) is 0 Å². The Morgan fingerprint density at radius 1 is 1.21 bits per heavy atom. The molecule has 0 aliphatic carbocycles. The van der Waals surface area contributed by atoms with E-state index in [2.05, 4.69) is 42.1 Å². The molecule has 3 rings (SSSR count). The summed E-state index contributed by atoms with van der Waals surface area (Å²) in [4.78, 5) is 4.36. The molecule has 0 aliphatic rings. The van der Waals surface area contributed by atoms with Crippen molar-refractivity contribution in [1.82, 2.24) is 8.96 Å². The summed E-state index contributed by atoms with van der Waals surface area (Å²) in [5.41, 5.74) is 1.72. The van der Waals surface area contributed by atoms with Crippen LogP contribution in [0, 0.1) is 11.6 Å². The number of methoxy groups -OCH3 is 1. The van der Waals surface area contributed by atoms with Gasteiger partial charge >= 0.3 is 0 Å². The van der Waals surface area contributed by atoms with Crippen molar-refractivity contribution in [3.63, 3.8) is 0 Å². The molecule has 0 N–H and O–H groups in total. The molecular weight excluding hydrogens is 513 g/mol. The number of aromatic nitrogens is 2. The Labute approximate surface area is 163 Å². The lowest BCUT2D eigenvalue weighted by atomic mass is 10.0. The van der Waals surface area contributed by atoms with E-state index in [-0.39, 0.29) is 5.75 Å². The van der Waals surface area contributed by atoms with Crippen LogP contribution in [0.2, 0.25) is 0 Å². The quantitative estimate of drug-likeness (QED) is 0.359. The fourth-order valence-electron chi connectivity index (χ4n) is 2.29. The topological polar surface area (TPSA) is 27.1 Å². The normalized spacial score (nSPS) is 10.5. The SMILES string of the molecule is CC.COc1c(F)cc(F)cc1-c1cn(SI)c2ncc(Br)cc12. The van der Waals surface area contributed by atoms with Crippen molar-refractivity contribution in [3.05, 3.63) is 46.7 Å². The van der Waals surface area contributed by atoms with Crippen LogP contribution < -0.4 is 4.74 Å². The molecule has 0 saturated heterocycles. The molecule has 0 fully saturated rings. The Morgan fingerprint density at radius 2 is 1.92 bits per heavy atom. The third kappa shape index (κ3) is 3.70. The maximum Gasteiger partial charge on any atom is 0.168 e. The second-order valence-electron chi connectivity index (χ2n) is 4.43. The number of pyridine rings is 1. The molecule has 128 valence electrons. The van der Waals surface area contributed by atoms with Crippen LogP contribution in [0.5, 0.6) is 5.75 Å². The number of rotatable bonds is 3. The number of hydrogen-bond donors (Lipinski definition) is 0. The zero-order valence-electron chi connectivity index (χ0n) is 13.1. The number of benzene rings is 1. The Kier molecular flexibility index (Phi) is 6.88. The predicted octanol–water partition coefficient (Wildman–Crippen LogP) is 6.63. The molecule has 8 heteroatoms. The lowest BCUT2D eigenvalue weighted by Gasteiger charge is -2.09. The Hall–Kier alpha value is -0.870. The van der Waals surface area contributed by atoms with E-state index in [1.54, 1.807) is 12.4 Å². The molecule has 0 bridgehead atoms. The van der Waals surface area contributed by atoms with Gasteiger partial charge in [-0.05, 0) is 28.1 Å². The Bertz CT molecular complexity index is 873. The average Bonchev–Trinajstić information content (AvgIpc) is 2.93.